The summed E-state index contributed by atoms with van der Waals surface area (Å²) in [4.78, 5) is 35.5. The van der Waals surface area contributed by atoms with E-state index in [1.807, 2.05) is 0 Å². The molecule has 1 aromatic heterocycles. The Morgan fingerprint density at radius 1 is 1.20 bits per heavy atom. The summed E-state index contributed by atoms with van der Waals surface area (Å²) in [5, 5.41) is 6.15. The first kappa shape index (κ1) is 21.3. The lowest BCUT2D eigenvalue weighted by atomic mass is 10.3. The summed E-state index contributed by atoms with van der Waals surface area (Å²) in [6.07, 6.45) is -2.38. The topological polar surface area (TPSA) is 109 Å². The summed E-state index contributed by atoms with van der Waals surface area (Å²) in [7, 11) is 1.13. The van der Waals surface area contributed by atoms with Crippen LogP contribution >= 0.6 is 34.8 Å². The average Bonchev–Trinajstić information content (AvgIpc) is 2.96. The first-order valence-corrected chi connectivity index (χ1v) is 8.14. The number of carbonyl (C=O) groups excluding carboxylic acids is 3. The highest BCUT2D eigenvalue weighted by Crippen LogP contribution is 2.37. The monoisotopic (exact) mass is 415 g/mol. The zero-order chi connectivity index (χ0) is 19.2. The zero-order valence-corrected chi connectivity index (χ0v) is 15.8. The molecule has 0 radical (unpaired) electrons. The molecule has 0 fully saturated rings. The Kier molecular flexibility index (Phi) is 7.78. The molecule has 140 valence electrons. The maximum Gasteiger partial charge on any atom is 0.408 e. The summed E-state index contributed by atoms with van der Waals surface area (Å²) in [5.74, 6) is -1.67. The Hall–Kier alpha value is -1.71. The van der Waals surface area contributed by atoms with E-state index in [0.29, 0.717) is 0 Å². The van der Waals surface area contributed by atoms with Gasteiger partial charge in [-0.25, -0.2) is 19.1 Å². The summed E-state index contributed by atoms with van der Waals surface area (Å²) in [5.41, 5.74) is -0.467. The van der Waals surface area contributed by atoms with E-state index in [9.17, 15) is 14.4 Å². The SMILES string of the molecule is CCOC(=O)N[C@@H](n1nc(C(=O)OC)cc1C(=O)OCC)C(Cl)(Cl)Cl. The number of nitrogens with one attached hydrogen (secondary N) is 1. The van der Waals surface area contributed by atoms with E-state index < -0.39 is 28.0 Å². The smallest absolute Gasteiger partial charge is 0.408 e. The molecule has 25 heavy (non-hydrogen) atoms. The number of alkyl carbamates (subject to hydrolysis) is 1. The van der Waals surface area contributed by atoms with Gasteiger partial charge in [0.25, 0.3) is 0 Å². The van der Waals surface area contributed by atoms with Crippen LogP contribution in [0.5, 0.6) is 0 Å². The molecule has 1 heterocycles. The van der Waals surface area contributed by atoms with Crippen molar-refractivity contribution in [2.45, 2.75) is 23.8 Å². The fraction of sp³-hybridized carbons (Fsp3) is 0.538. The number of aromatic nitrogens is 2. The van der Waals surface area contributed by atoms with Crippen LogP contribution in [0.15, 0.2) is 6.07 Å². The number of hydrogen-bond acceptors (Lipinski definition) is 7. The predicted octanol–water partition coefficient (Wildman–Crippen LogP) is 2.46. The fourth-order valence-corrected chi connectivity index (χ4v) is 2.16. The van der Waals surface area contributed by atoms with Crippen LogP contribution in [-0.2, 0) is 14.2 Å². The quantitative estimate of drug-likeness (QED) is 0.431. The number of rotatable bonds is 6. The van der Waals surface area contributed by atoms with Gasteiger partial charge in [-0.3, -0.25) is 5.32 Å². The Balaban J connectivity index is 3.39. The molecule has 1 amide bonds. The number of ether oxygens (including phenoxy) is 3. The third-order valence-corrected chi connectivity index (χ3v) is 3.32. The van der Waals surface area contributed by atoms with Crippen LogP contribution in [0.3, 0.4) is 0 Å². The molecule has 0 bridgehead atoms. The Bertz CT molecular complexity index is 643. The normalized spacial score (nSPS) is 12.2. The van der Waals surface area contributed by atoms with Crippen LogP contribution < -0.4 is 5.32 Å². The number of carbonyl (C=O) groups is 3. The maximum atomic E-state index is 12.1. The molecule has 1 atom stereocenters. The standard InChI is InChI=1S/C13H16Cl3N3O6/c1-4-24-10(21)8-6-7(9(20)23-3)18-19(8)11(13(14,15)16)17-12(22)25-5-2/h6,11H,4-5H2,1-3H3,(H,17,22)/t11-/m0/s1. The molecular formula is C13H16Cl3N3O6. The number of hydrogen-bond donors (Lipinski definition) is 1. The molecule has 0 aromatic carbocycles. The Morgan fingerprint density at radius 2 is 1.80 bits per heavy atom. The highest BCUT2D eigenvalue weighted by molar-refractivity contribution is 6.67. The van der Waals surface area contributed by atoms with Crippen molar-refractivity contribution in [3.63, 3.8) is 0 Å². The number of methoxy groups -OCH3 is 1. The van der Waals surface area contributed by atoms with E-state index in [2.05, 4.69) is 15.2 Å². The lowest BCUT2D eigenvalue weighted by Gasteiger charge is -2.26. The maximum absolute atomic E-state index is 12.1. The first-order chi connectivity index (χ1) is 11.6. The van der Waals surface area contributed by atoms with E-state index in [-0.39, 0.29) is 24.6 Å². The van der Waals surface area contributed by atoms with E-state index in [1.165, 1.54) is 0 Å². The molecule has 1 rings (SSSR count). The van der Waals surface area contributed by atoms with Crippen LogP contribution in [0, 0.1) is 0 Å². The lowest BCUT2D eigenvalue weighted by Crippen LogP contribution is -2.42. The Morgan fingerprint density at radius 3 is 2.28 bits per heavy atom. The highest BCUT2D eigenvalue weighted by Gasteiger charge is 2.40. The van der Waals surface area contributed by atoms with Gasteiger partial charge in [-0.05, 0) is 13.8 Å². The van der Waals surface area contributed by atoms with Gasteiger partial charge in [0.2, 0.25) is 3.79 Å². The zero-order valence-electron chi connectivity index (χ0n) is 13.5. The molecular weight excluding hydrogens is 401 g/mol. The minimum absolute atomic E-state index is 0.0569. The third kappa shape index (κ3) is 5.65. The molecule has 0 aliphatic carbocycles. The molecule has 0 aliphatic rings. The Labute approximate surface area is 158 Å². The van der Waals surface area contributed by atoms with Crippen molar-refractivity contribution in [1.82, 2.24) is 15.1 Å². The molecule has 1 aromatic rings. The number of nitrogens with zero attached hydrogens (tertiary/aromatic N) is 2. The van der Waals surface area contributed by atoms with Crippen LogP contribution in [0.2, 0.25) is 0 Å². The average molecular weight is 417 g/mol. The summed E-state index contributed by atoms with van der Waals surface area (Å²) in [6.45, 7) is 3.29. The second kappa shape index (κ2) is 9.12. The van der Waals surface area contributed by atoms with Crippen molar-refractivity contribution in [3.05, 3.63) is 17.5 Å². The second-order valence-corrected chi connectivity index (χ2v) is 6.75. The van der Waals surface area contributed by atoms with E-state index >= 15 is 0 Å². The fourth-order valence-electron chi connectivity index (χ4n) is 1.72. The van der Waals surface area contributed by atoms with Gasteiger partial charge < -0.3 is 14.2 Å². The van der Waals surface area contributed by atoms with Crippen molar-refractivity contribution in [2.24, 2.45) is 0 Å². The van der Waals surface area contributed by atoms with Crippen molar-refractivity contribution in [1.29, 1.82) is 0 Å². The minimum atomic E-state index is -2.13. The molecule has 0 unspecified atom stereocenters. The summed E-state index contributed by atoms with van der Waals surface area (Å²) in [6, 6.07) is 1.10. The van der Waals surface area contributed by atoms with Gasteiger partial charge in [0, 0.05) is 6.07 Å². The highest BCUT2D eigenvalue weighted by atomic mass is 35.6. The van der Waals surface area contributed by atoms with Gasteiger partial charge in [0.05, 0.1) is 20.3 Å². The largest absolute Gasteiger partial charge is 0.464 e. The van der Waals surface area contributed by atoms with Crippen LogP contribution in [0.1, 0.15) is 41.0 Å². The van der Waals surface area contributed by atoms with Crippen molar-refractivity contribution in [3.8, 4) is 0 Å². The minimum Gasteiger partial charge on any atom is -0.464 e. The van der Waals surface area contributed by atoms with Crippen LogP contribution in [0.25, 0.3) is 0 Å². The van der Waals surface area contributed by atoms with E-state index in [0.717, 1.165) is 17.9 Å². The molecule has 1 N–H and O–H groups in total. The number of esters is 2. The van der Waals surface area contributed by atoms with Gasteiger partial charge in [0.1, 0.15) is 5.69 Å². The lowest BCUT2D eigenvalue weighted by molar-refractivity contribution is 0.0504. The first-order valence-electron chi connectivity index (χ1n) is 7.00. The molecule has 12 heteroatoms. The van der Waals surface area contributed by atoms with Crippen LogP contribution in [0.4, 0.5) is 4.79 Å². The van der Waals surface area contributed by atoms with Gasteiger partial charge in [-0.1, -0.05) is 34.8 Å². The molecule has 0 saturated heterocycles. The number of halogens is 3. The van der Waals surface area contributed by atoms with Crippen molar-refractivity contribution in [2.75, 3.05) is 20.3 Å². The number of alkyl halides is 3. The van der Waals surface area contributed by atoms with Gasteiger partial charge in [-0.15, -0.1) is 0 Å². The van der Waals surface area contributed by atoms with Crippen molar-refractivity contribution < 1.29 is 28.6 Å². The third-order valence-electron chi connectivity index (χ3n) is 2.70. The van der Waals surface area contributed by atoms with E-state index in [1.54, 1.807) is 13.8 Å². The summed E-state index contributed by atoms with van der Waals surface area (Å²) >= 11 is 17.7. The summed E-state index contributed by atoms with van der Waals surface area (Å²) < 4.78 is 12.9. The van der Waals surface area contributed by atoms with Crippen molar-refractivity contribution >= 4 is 52.8 Å². The number of amides is 1. The molecule has 9 nitrogen and oxygen atoms in total. The van der Waals surface area contributed by atoms with E-state index in [4.69, 9.17) is 44.3 Å². The molecule has 0 aliphatic heterocycles. The second-order valence-electron chi connectivity index (χ2n) is 4.38. The molecule has 0 spiro atoms. The van der Waals surface area contributed by atoms with Gasteiger partial charge in [0.15, 0.2) is 11.9 Å². The predicted molar refractivity (Wildman–Crippen MR) is 89.0 cm³/mol. The van der Waals surface area contributed by atoms with Gasteiger partial charge >= 0.3 is 18.0 Å². The van der Waals surface area contributed by atoms with Crippen LogP contribution in [-0.4, -0.2) is 51.9 Å². The molecule has 0 saturated carbocycles. The van der Waals surface area contributed by atoms with Gasteiger partial charge in [-0.2, -0.15) is 5.10 Å².